The van der Waals surface area contributed by atoms with Gasteiger partial charge in [0.25, 0.3) is 0 Å². The van der Waals surface area contributed by atoms with E-state index in [-0.39, 0.29) is 0 Å². The lowest BCUT2D eigenvalue weighted by molar-refractivity contribution is 0.452. The van der Waals surface area contributed by atoms with E-state index in [1.54, 1.807) is 0 Å². The molecule has 14 heavy (non-hydrogen) atoms. The molecular weight excluding hydrogens is 170 g/mol. The molecule has 1 saturated carbocycles. The molecule has 2 unspecified atom stereocenters. The zero-order valence-electron chi connectivity index (χ0n) is 9.03. The van der Waals surface area contributed by atoms with Crippen molar-refractivity contribution >= 4 is 0 Å². The maximum absolute atomic E-state index is 3.38. The number of nitrogens with one attached hydrogen (secondary N) is 1. The topological polar surface area (TPSA) is 12.0 Å². The van der Waals surface area contributed by atoms with Gasteiger partial charge in [-0.2, -0.15) is 0 Å². The van der Waals surface area contributed by atoms with Crippen LogP contribution in [0.5, 0.6) is 0 Å². The molecule has 2 rings (SSSR count). The molecule has 1 heteroatoms. The summed E-state index contributed by atoms with van der Waals surface area (Å²) in [4.78, 5) is 0. The largest absolute Gasteiger partial charge is 0.317 e. The highest BCUT2D eigenvalue weighted by Gasteiger charge is 2.34. The minimum atomic E-state index is 0.588. The predicted octanol–water partition coefficient (Wildman–Crippen LogP) is 2.79. The summed E-state index contributed by atoms with van der Waals surface area (Å²) in [6.45, 7) is 2.29. The summed E-state index contributed by atoms with van der Waals surface area (Å²) in [7, 11) is 2.06. The highest BCUT2D eigenvalue weighted by atomic mass is 14.9. The Morgan fingerprint density at radius 2 is 1.86 bits per heavy atom. The quantitative estimate of drug-likeness (QED) is 0.768. The van der Waals surface area contributed by atoms with E-state index in [1.165, 1.54) is 18.4 Å². The molecule has 1 aliphatic rings. The molecule has 0 spiro atoms. The van der Waals surface area contributed by atoms with Crippen LogP contribution in [0.25, 0.3) is 0 Å². The molecule has 2 atom stereocenters. The Hall–Kier alpha value is -0.820. The number of hydrogen-bond donors (Lipinski definition) is 1. The van der Waals surface area contributed by atoms with Crippen molar-refractivity contribution < 1.29 is 0 Å². The van der Waals surface area contributed by atoms with E-state index in [0.29, 0.717) is 12.0 Å². The van der Waals surface area contributed by atoms with Crippen molar-refractivity contribution in [2.75, 3.05) is 7.05 Å². The third-order valence-corrected chi connectivity index (χ3v) is 3.31. The van der Waals surface area contributed by atoms with Crippen LogP contribution in [0.3, 0.4) is 0 Å². The third kappa shape index (κ3) is 1.98. The van der Waals surface area contributed by atoms with Gasteiger partial charge in [0, 0.05) is 12.0 Å². The van der Waals surface area contributed by atoms with Gasteiger partial charge < -0.3 is 5.32 Å². The molecule has 0 aliphatic heterocycles. The molecule has 1 N–H and O–H groups in total. The fourth-order valence-electron chi connectivity index (χ4n) is 2.28. The molecule has 1 aliphatic carbocycles. The summed E-state index contributed by atoms with van der Waals surface area (Å²) in [6.07, 6.45) is 2.82. The first kappa shape index (κ1) is 9.72. The van der Waals surface area contributed by atoms with Gasteiger partial charge in [0.15, 0.2) is 0 Å². The van der Waals surface area contributed by atoms with Crippen LogP contribution in [0.1, 0.15) is 31.2 Å². The van der Waals surface area contributed by atoms with Crippen LogP contribution in [0.15, 0.2) is 30.3 Å². The Labute approximate surface area is 86.5 Å². The predicted molar refractivity (Wildman–Crippen MR) is 60.4 cm³/mol. The normalized spacial score (nSPS) is 20.4. The first-order valence-corrected chi connectivity index (χ1v) is 5.55. The fraction of sp³-hybridized carbons (Fsp3) is 0.538. The first-order chi connectivity index (χ1) is 6.83. The average molecular weight is 189 g/mol. The average Bonchev–Trinajstić information content (AvgIpc) is 3.04. The number of likely N-dealkylation sites (N-methyl/N-ethyl adjacent to an activating group) is 1. The Morgan fingerprint density at radius 3 is 2.36 bits per heavy atom. The van der Waals surface area contributed by atoms with Crippen molar-refractivity contribution in [3.63, 3.8) is 0 Å². The summed E-state index contributed by atoms with van der Waals surface area (Å²) in [5.74, 6) is 1.63. The Balaban J connectivity index is 2.18. The maximum atomic E-state index is 3.38. The fourth-order valence-corrected chi connectivity index (χ4v) is 2.28. The zero-order chi connectivity index (χ0) is 9.97. The molecule has 1 fully saturated rings. The molecule has 0 heterocycles. The Kier molecular flexibility index (Phi) is 2.87. The minimum absolute atomic E-state index is 0.588. The van der Waals surface area contributed by atoms with Crippen LogP contribution in [0.4, 0.5) is 0 Å². The van der Waals surface area contributed by atoms with Crippen LogP contribution in [-0.4, -0.2) is 13.1 Å². The number of rotatable bonds is 4. The van der Waals surface area contributed by atoms with Gasteiger partial charge in [-0.1, -0.05) is 30.3 Å². The van der Waals surface area contributed by atoms with Gasteiger partial charge in [-0.3, -0.25) is 0 Å². The summed E-state index contributed by atoms with van der Waals surface area (Å²) < 4.78 is 0. The standard InChI is InChI=1S/C13H19N/c1-10(14-2)13(12-8-9-12)11-6-4-3-5-7-11/h3-7,10,12-14H,8-9H2,1-2H3. The number of hydrogen-bond acceptors (Lipinski definition) is 1. The van der Waals surface area contributed by atoms with E-state index in [9.17, 15) is 0 Å². The van der Waals surface area contributed by atoms with Crippen molar-refractivity contribution in [1.29, 1.82) is 0 Å². The molecule has 0 amide bonds. The highest BCUT2D eigenvalue weighted by Crippen LogP contribution is 2.44. The van der Waals surface area contributed by atoms with E-state index in [1.807, 2.05) is 0 Å². The maximum Gasteiger partial charge on any atom is 0.0107 e. The van der Waals surface area contributed by atoms with Gasteiger partial charge in [0.05, 0.1) is 0 Å². The smallest absolute Gasteiger partial charge is 0.0107 e. The first-order valence-electron chi connectivity index (χ1n) is 5.55. The van der Waals surface area contributed by atoms with E-state index in [2.05, 4.69) is 49.6 Å². The van der Waals surface area contributed by atoms with E-state index in [4.69, 9.17) is 0 Å². The molecule has 0 radical (unpaired) electrons. The SMILES string of the molecule is CNC(C)C(c1ccccc1)C1CC1. The highest BCUT2D eigenvalue weighted by molar-refractivity contribution is 5.23. The van der Waals surface area contributed by atoms with Crippen molar-refractivity contribution in [3.8, 4) is 0 Å². The molecule has 1 aromatic carbocycles. The van der Waals surface area contributed by atoms with Crippen molar-refractivity contribution in [1.82, 2.24) is 5.32 Å². The Morgan fingerprint density at radius 1 is 1.21 bits per heavy atom. The van der Waals surface area contributed by atoms with Gasteiger partial charge >= 0.3 is 0 Å². The van der Waals surface area contributed by atoms with Crippen LogP contribution >= 0.6 is 0 Å². The van der Waals surface area contributed by atoms with Gasteiger partial charge in [-0.25, -0.2) is 0 Å². The van der Waals surface area contributed by atoms with Crippen LogP contribution in [-0.2, 0) is 0 Å². The van der Waals surface area contributed by atoms with Gasteiger partial charge in [-0.05, 0) is 38.3 Å². The summed E-state index contributed by atoms with van der Waals surface area (Å²) in [6, 6.07) is 11.5. The monoisotopic (exact) mass is 189 g/mol. The molecule has 76 valence electrons. The van der Waals surface area contributed by atoms with Crippen molar-refractivity contribution in [2.45, 2.75) is 31.7 Å². The van der Waals surface area contributed by atoms with Crippen LogP contribution in [0, 0.1) is 5.92 Å². The second-order valence-electron chi connectivity index (χ2n) is 4.35. The molecule has 0 bridgehead atoms. The lowest BCUT2D eigenvalue weighted by Gasteiger charge is -2.23. The summed E-state index contributed by atoms with van der Waals surface area (Å²) in [5, 5.41) is 3.38. The molecular formula is C13H19N. The van der Waals surface area contributed by atoms with Crippen molar-refractivity contribution in [3.05, 3.63) is 35.9 Å². The van der Waals surface area contributed by atoms with E-state index >= 15 is 0 Å². The third-order valence-electron chi connectivity index (χ3n) is 3.31. The molecule has 0 aromatic heterocycles. The molecule has 0 saturated heterocycles. The Bertz CT molecular complexity index is 277. The molecule has 1 aromatic rings. The molecule has 1 nitrogen and oxygen atoms in total. The van der Waals surface area contributed by atoms with Gasteiger partial charge in [-0.15, -0.1) is 0 Å². The van der Waals surface area contributed by atoms with E-state index < -0.39 is 0 Å². The number of benzene rings is 1. The second kappa shape index (κ2) is 4.14. The lowest BCUT2D eigenvalue weighted by atomic mass is 9.88. The lowest BCUT2D eigenvalue weighted by Crippen LogP contribution is -2.30. The second-order valence-corrected chi connectivity index (χ2v) is 4.35. The summed E-state index contributed by atoms with van der Waals surface area (Å²) >= 11 is 0. The van der Waals surface area contributed by atoms with Gasteiger partial charge in [0.1, 0.15) is 0 Å². The van der Waals surface area contributed by atoms with Crippen LogP contribution < -0.4 is 5.32 Å². The zero-order valence-corrected chi connectivity index (χ0v) is 9.03. The van der Waals surface area contributed by atoms with Crippen LogP contribution in [0.2, 0.25) is 0 Å². The van der Waals surface area contributed by atoms with Crippen molar-refractivity contribution in [2.24, 2.45) is 5.92 Å². The van der Waals surface area contributed by atoms with Gasteiger partial charge in [0.2, 0.25) is 0 Å². The van der Waals surface area contributed by atoms with E-state index in [0.717, 1.165) is 5.92 Å². The summed E-state index contributed by atoms with van der Waals surface area (Å²) in [5.41, 5.74) is 1.50. The minimum Gasteiger partial charge on any atom is -0.317 e.